The first-order chi connectivity index (χ1) is 5.77. The standard InChI is InChI=1S/C9H14N2O/c1-11-5-7(8(10)6-11)9-3-2-4-12-9/h2-4,7-8H,5-6,10H2,1H3/t7-,8+/m0/s1. The van der Waals surface area contributed by atoms with Crippen molar-refractivity contribution in [2.75, 3.05) is 20.1 Å². The van der Waals surface area contributed by atoms with E-state index >= 15 is 0 Å². The van der Waals surface area contributed by atoms with Gasteiger partial charge in [0.1, 0.15) is 5.76 Å². The third-order valence-corrected chi connectivity index (χ3v) is 2.46. The lowest BCUT2D eigenvalue weighted by atomic mass is 10.0. The average Bonchev–Trinajstić information content (AvgIpc) is 2.58. The smallest absolute Gasteiger partial charge is 0.109 e. The van der Waals surface area contributed by atoms with Crippen LogP contribution < -0.4 is 5.73 Å². The molecule has 1 aromatic heterocycles. The van der Waals surface area contributed by atoms with Gasteiger partial charge in [-0.15, -0.1) is 0 Å². The average molecular weight is 166 g/mol. The van der Waals surface area contributed by atoms with Crippen LogP contribution in [0, 0.1) is 0 Å². The summed E-state index contributed by atoms with van der Waals surface area (Å²) in [7, 11) is 2.09. The first-order valence-corrected chi connectivity index (χ1v) is 4.25. The monoisotopic (exact) mass is 166 g/mol. The van der Waals surface area contributed by atoms with E-state index in [2.05, 4.69) is 11.9 Å². The first kappa shape index (κ1) is 7.83. The van der Waals surface area contributed by atoms with E-state index in [1.54, 1.807) is 6.26 Å². The molecule has 1 aliphatic rings. The molecule has 0 unspecified atom stereocenters. The van der Waals surface area contributed by atoms with E-state index in [-0.39, 0.29) is 6.04 Å². The Morgan fingerprint density at radius 2 is 2.42 bits per heavy atom. The number of nitrogens with zero attached hydrogens (tertiary/aromatic N) is 1. The normalized spacial score (nSPS) is 31.2. The maximum atomic E-state index is 5.96. The van der Waals surface area contributed by atoms with Crippen molar-refractivity contribution >= 4 is 0 Å². The summed E-state index contributed by atoms with van der Waals surface area (Å²) in [6, 6.07) is 4.14. The van der Waals surface area contributed by atoms with E-state index in [0.717, 1.165) is 18.8 Å². The van der Waals surface area contributed by atoms with Crippen molar-refractivity contribution in [1.82, 2.24) is 4.90 Å². The minimum Gasteiger partial charge on any atom is -0.469 e. The Morgan fingerprint density at radius 1 is 1.58 bits per heavy atom. The summed E-state index contributed by atoms with van der Waals surface area (Å²) in [5.74, 6) is 1.40. The van der Waals surface area contributed by atoms with Gasteiger partial charge in [0.25, 0.3) is 0 Å². The summed E-state index contributed by atoms with van der Waals surface area (Å²) in [5.41, 5.74) is 5.96. The summed E-state index contributed by atoms with van der Waals surface area (Å²) in [6.45, 7) is 1.97. The second-order valence-electron chi connectivity index (χ2n) is 3.51. The maximum absolute atomic E-state index is 5.96. The highest BCUT2D eigenvalue weighted by Gasteiger charge is 2.30. The van der Waals surface area contributed by atoms with Gasteiger partial charge in [0.2, 0.25) is 0 Å². The summed E-state index contributed by atoms with van der Waals surface area (Å²) in [4.78, 5) is 2.23. The van der Waals surface area contributed by atoms with Crippen molar-refractivity contribution in [2.45, 2.75) is 12.0 Å². The van der Waals surface area contributed by atoms with Crippen LogP contribution in [0.5, 0.6) is 0 Å². The molecule has 0 aliphatic carbocycles. The number of likely N-dealkylation sites (N-methyl/N-ethyl adjacent to an activating group) is 1. The van der Waals surface area contributed by atoms with Crippen LogP contribution in [0.4, 0.5) is 0 Å². The highest BCUT2D eigenvalue weighted by atomic mass is 16.3. The van der Waals surface area contributed by atoms with Crippen LogP contribution in [-0.2, 0) is 0 Å². The molecule has 1 saturated heterocycles. The number of nitrogens with two attached hydrogens (primary N) is 1. The summed E-state index contributed by atoms with van der Waals surface area (Å²) in [6.07, 6.45) is 1.71. The lowest BCUT2D eigenvalue weighted by Crippen LogP contribution is -2.27. The molecule has 0 bridgehead atoms. The molecule has 1 fully saturated rings. The van der Waals surface area contributed by atoms with Gasteiger partial charge in [0, 0.05) is 25.0 Å². The Kier molecular flexibility index (Phi) is 1.90. The van der Waals surface area contributed by atoms with E-state index in [4.69, 9.17) is 10.2 Å². The third kappa shape index (κ3) is 1.26. The number of furan rings is 1. The lowest BCUT2D eigenvalue weighted by Gasteiger charge is -2.09. The summed E-state index contributed by atoms with van der Waals surface area (Å²) in [5, 5.41) is 0. The van der Waals surface area contributed by atoms with Gasteiger partial charge in [-0.2, -0.15) is 0 Å². The molecule has 2 heterocycles. The van der Waals surface area contributed by atoms with Gasteiger partial charge in [-0.25, -0.2) is 0 Å². The van der Waals surface area contributed by atoms with E-state index in [1.165, 1.54) is 0 Å². The van der Waals surface area contributed by atoms with Crippen molar-refractivity contribution in [3.63, 3.8) is 0 Å². The molecule has 66 valence electrons. The Labute approximate surface area is 72.1 Å². The molecule has 2 atom stereocenters. The molecule has 2 N–H and O–H groups in total. The minimum atomic E-state index is 0.223. The fourth-order valence-corrected chi connectivity index (χ4v) is 1.84. The van der Waals surface area contributed by atoms with E-state index in [1.807, 2.05) is 12.1 Å². The van der Waals surface area contributed by atoms with Gasteiger partial charge in [0.05, 0.1) is 6.26 Å². The predicted molar refractivity (Wildman–Crippen MR) is 46.9 cm³/mol. The Hall–Kier alpha value is -0.800. The topological polar surface area (TPSA) is 42.4 Å². The van der Waals surface area contributed by atoms with Crippen molar-refractivity contribution < 1.29 is 4.42 Å². The zero-order chi connectivity index (χ0) is 8.55. The molecule has 0 saturated carbocycles. The molecule has 2 rings (SSSR count). The van der Waals surface area contributed by atoms with Crippen LogP contribution in [0.2, 0.25) is 0 Å². The van der Waals surface area contributed by atoms with Crippen LogP contribution in [0.3, 0.4) is 0 Å². The van der Waals surface area contributed by atoms with Crippen molar-refractivity contribution in [1.29, 1.82) is 0 Å². The molecule has 0 aromatic carbocycles. The number of hydrogen-bond acceptors (Lipinski definition) is 3. The van der Waals surface area contributed by atoms with Crippen LogP contribution >= 0.6 is 0 Å². The number of likely N-dealkylation sites (tertiary alicyclic amines) is 1. The molecule has 1 aromatic rings. The van der Waals surface area contributed by atoms with Crippen molar-refractivity contribution in [2.24, 2.45) is 5.73 Å². The Bertz CT molecular complexity index is 245. The molecule has 1 aliphatic heterocycles. The van der Waals surface area contributed by atoms with E-state index in [0.29, 0.717) is 5.92 Å². The Morgan fingerprint density at radius 3 is 2.92 bits per heavy atom. The van der Waals surface area contributed by atoms with Crippen LogP contribution in [0.15, 0.2) is 22.8 Å². The third-order valence-electron chi connectivity index (χ3n) is 2.46. The molecular weight excluding hydrogens is 152 g/mol. The largest absolute Gasteiger partial charge is 0.469 e. The zero-order valence-electron chi connectivity index (χ0n) is 7.23. The quantitative estimate of drug-likeness (QED) is 0.665. The molecular formula is C9H14N2O. The molecule has 0 spiro atoms. The van der Waals surface area contributed by atoms with Gasteiger partial charge < -0.3 is 15.1 Å². The second-order valence-corrected chi connectivity index (χ2v) is 3.51. The maximum Gasteiger partial charge on any atom is 0.109 e. The summed E-state index contributed by atoms with van der Waals surface area (Å²) >= 11 is 0. The van der Waals surface area contributed by atoms with Gasteiger partial charge in [-0.05, 0) is 19.2 Å². The predicted octanol–water partition coefficient (Wildman–Crippen LogP) is 0.636. The van der Waals surface area contributed by atoms with Crippen LogP contribution in [0.25, 0.3) is 0 Å². The van der Waals surface area contributed by atoms with E-state index < -0.39 is 0 Å². The molecule has 3 nitrogen and oxygen atoms in total. The number of hydrogen-bond donors (Lipinski definition) is 1. The first-order valence-electron chi connectivity index (χ1n) is 4.25. The van der Waals surface area contributed by atoms with E-state index in [9.17, 15) is 0 Å². The fraction of sp³-hybridized carbons (Fsp3) is 0.556. The summed E-state index contributed by atoms with van der Waals surface area (Å²) < 4.78 is 5.33. The minimum absolute atomic E-state index is 0.223. The second kappa shape index (κ2) is 2.92. The lowest BCUT2D eigenvalue weighted by molar-refractivity contribution is 0.396. The van der Waals surface area contributed by atoms with Gasteiger partial charge >= 0.3 is 0 Å². The van der Waals surface area contributed by atoms with Crippen LogP contribution in [0.1, 0.15) is 11.7 Å². The fourth-order valence-electron chi connectivity index (χ4n) is 1.84. The highest BCUT2D eigenvalue weighted by molar-refractivity contribution is 5.12. The Balaban J connectivity index is 2.15. The zero-order valence-corrected chi connectivity index (χ0v) is 7.23. The van der Waals surface area contributed by atoms with Crippen LogP contribution in [-0.4, -0.2) is 31.1 Å². The molecule has 0 radical (unpaired) electrons. The van der Waals surface area contributed by atoms with Crippen molar-refractivity contribution in [3.05, 3.63) is 24.2 Å². The number of rotatable bonds is 1. The molecule has 0 amide bonds. The molecule has 3 heteroatoms. The highest BCUT2D eigenvalue weighted by Crippen LogP contribution is 2.25. The van der Waals surface area contributed by atoms with Gasteiger partial charge in [-0.3, -0.25) is 0 Å². The SMILES string of the molecule is CN1C[C@@H](N)[C@@H](c2ccco2)C1. The molecule has 12 heavy (non-hydrogen) atoms. The van der Waals surface area contributed by atoms with Gasteiger partial charge in [0.15, 0.2) is 0 Å². The van der Waals surface area contributed by atoms with Crippen molar-refractivity contribution in [3.8, 4) is 0 Å². The van der Waals surface area contributed by atoms with Gasteiger partial charge in [-0.1, -0.05) is 0 Å².